The maximum absolute atomic E-state index is 13.3. The highest BCUT2D eigenvalue weighted by Gasteiger charge is 2.12. The van der Waals surface area contributed by atoms with Crippen LogP contribution >= 0.6 is 0 Å². The average molecular weight is 357 g/mol. The third kappa shape index (κ3) is 4.21. The van der Waals surface area contributed by atoms with Crippen LogP contribution in [0, 0.1) is 11.6 Å². The Balaban J connectivity index is 1.52. The van der Waals surface area contributed by atoms with E-state index in [1.54, 1.807) is 36.4 Å². The van der Waals surface area contributed by atoms with Gasteiger partial charge in [0.25, 0.3) is 0 Å². The maximum Gasteiger partial charge on any atom is 0.315 e. The molecule has 2 aromatic heterocycles. The van der Waals surface area contributed by atoms with Crippen molar-refractivity contribution in [3.05, 3.63) is 78.0 Å². The van der Waals surface area contributed by atoms with Crippen molar-refractivity contribution in [2.24, 2.45) is 0 Å². The Morgan fingerprint density at radius 3 is 2.73 bits per heavy atom. The first-order chi connectivity index (χ1) is 12.5. The van der Waals surface area contributed by atoms with E-state index in [0.717, 1.165) is 23.5 Å². The van der Waals surface area contributed by atoms with Gasteiger partial charge in [0.1, 0.15) is 12.1 Å². The number of hydrogen-bond donors (Lipinski definition) is 2. The van der Waals surface area contributed by atoms with E-state index < -0.39 is 23.7 Å². The van der Waals surface area contributed by atoms with Gasteiger partial charge in [0, 0.05) is 25.1 Å². The van der Waals surface area contributed by atoms with Gasteiger partial charge in [-0.05, 0) is 36.2 Å². The number of nitrogens with one attached hydrogen (secondary N) is 2. The first-order valence-electron chi connectivity index (χ1n) is 7.95. The largest absolute Gasteiger partial charge is 0.334 e. The van der Waals surface area contributed by atoms with Crippen LogP contribution in [0.4, 0.5) is 13.6 Å². The monoisotopic (exact) mass is 357 g/mol. The van der Waals surface area contributed by atoms with Crippen molar-refractivity contribution >= 4 is 6.03 Å². The fourth-order valence-corrected chi connectivity index (χ4v) is 2.36. The number of aromatic nitrogens is 3. The molecule has 3 aromatic rings. The minimum atomic E-state index is -0.944. The van der Waals surface area contributed by atoms with Gasteiger partial charge >= 0.3 is 6.03 Å². The molecule has 2 N–H and O–H groups in total. The number of carbonyl (C=O) groups is 1. The van der Waals surface area contributed by atoms with Crippen molar-refractivity contribution in [3.63, 3.8) is 0 Å². The first-order valence-corrected chi connectivity index (χ1v) is 7.95. The summed E-state index contributed by atoms with van der Waals surface area (Å²) in [6, 6.07) is 6.32. The van der Waals surface area contributed by atoms with Gasteiger partial charge in [-0.15, -0.1) is 0 Å². The number of pyridine rings is 1. The van der Waals surface area contributed by atoms with E-state index in [1.807, 2.05) is 12.1 Å². The van der Waals surface area contributed by atoms with Gasteiger partial charge in [0.05, 0.1) is 6.04 Å². The van der Waals surface area contributed by atoms with E-state index in [-0.39, 0.29) is 6.54 Å². The number of halogens is 2. The van der Waals surface area contributed by atoms with Crippen LogP contribution in [-0.4, -0.2) is 20.6 Å². The number of hydrogen-bond acceptors (Lipinski definition) is 3. The van der Waals surface area contributed by atoms with E-state index in [9.17, 15) is 13.6 Å². The van der Waals surface area contributed by atoms with Crippen molar-refractivity contribution in [2.45, 2.75) is 19.5 Å². The SMILES string of the molecule is CC(NC(=O)NCc1ccc(-n2ccnc2)nc1)c1ccc(F)c(F)c1. The molecule has 0 bridgehead atoms. The highest BCUT2D eigenvalue weighted by Crippen LogP contribution is 2.15. The molecule has 1 unspecified atom stereocenters. The fourth-order valence-electron chi connectivity index (χ4n) is 2.36. The number of imidazole rings is 1. The third-order valence-corrected chi connectivity index (χ3v) is 3.82. The zero-order valence-electron chi connectivity index (χ0n) is 14.0. The molecule has 134 valence electrons. The number of benzene rings is 1. The molecule has 0 aliphatic rings. The highest BCUT2D eigenvalue weighted by atomic mass is 19.2. The molecule has 0 fully saturated rings. The van der Waals surface area contributed by atoms with E-state index >= 15 is 0 Å². The van der Waals surface area contributed by atoms with Gasteiger partial charge in [0.2, 0.25) is 0 Å². The lowest BCUT2D eigenvalue weighted by atomic mass is 10.1. The summed E-state index contributed by atoms with van der Waals surface area (Å²) in [7, 11) is 0. The quantitative estimate of drug-likeness (QED) is 0.737. The average Bonchev–Trinajstić information content (AvgIpc) is 3.17. The van der Waals surface area contributed by atoms with Crippen LogP contribution in [0.25, 0.3) is 5.82 Å². The summed E-state index contributed by atoms with van der Waals surface area (Å²) in [6.07, 6.45) is 6.75. The van der Waals surface area contributed by atoms with Gasteiger partial charge in [-0.25, -0.2) is 23.5 Å². The second-order valence-corrected chi connectivity index (χ2v) is 5.72. The summed E-state index contributed by atoms with van der Waals surface area (Å²) >= 11 is 0. The van der Waals surface area contributed by atoms with E-state index in [2.05, 4.69) is 20.6 Å². The summed E-state index contributed by atoms with van der Waals surface area (Å²) in [6.45, 7) is 1.97. The van der Waals surface area contributed by atoms with E-state index in [1.165, 1.54) is 6.07 Å². The van der Waals surface area contributed by atoms with Crippen LogP contribution < -0.4 is 10.6 Å². The first kappa shape index (κ1) is 17.5. The fraction of sp³-hybridized carbons (Fsp3) is 0.167. The summed E-state index contributed by atoms with van der Waals surface area (Å²) in [5.74, 6) is -1.14. The van der Waals surface area contributed by atoms with Gasteiger partial charge in [-0.2, -0.15) is 0 Å². The third-order valence-electron chi connectivity index (χ3n) is 3.82. The predicted molar refractivity (Wildman–Crippen MR) is 91.5 cm³/mol. The standard InChI is InChI=1S/C18H17F2N5O/c1-12(14-3-4-15(19)16(20)8-14)24-18(26)23-10-13-2-5-17(22-9-13)25-7-6-21-11-25/h2-9,11-12H,10H2,1H3,(H2,23,24,26). The highest BCUT2D eigenvalue weighted by molar-refractivity contribution is 5.74. The number of rotatable bonds is 5. The maximum atomic E-state index is 13.3. The Hall–Kier alpha value is -3.29. The Kier molecular flexibility index (Phi) is 5.21. The zero-order chi connectivity index (χ0) is 18.5. The summed E-state index contributed by atoms with van der Waals surface area (Å²) < 4.78 is 28.0. The molecule has 26 heavy (non-hydrogen) atoms. The molecule has 6 nitrogen and oxygen atoms in total. The summed E-state index contributed by atoms with van der Waals surface area (Å²) in [5.41, 5.74) is 1.30. The Morgan fingerprint density at radius 2 is 2.08 bits per heavy atom. The molecule has 8 heteroatoms. The lowest BCUT2D eigenvalue weighted by Crippen LogP contribution is -2.36. The minimum absolute atomic E-state index is 0.285. The summed E-state index contributed by atoms with van der Waals surface area (Å²) in [5, 5.41) is 5.38. The van der Waals surface area contributed by atoms with Gasteiger partial charge in [-0.3, -0.25) is 4.57 Å². The number of amides is 2. The second-order valence-electron chi connectivity index (χ2n) is 5.72. The van der Waals surface area contributed by atoms with Crippen LogP contribution in [0.15, 0.2) is 55.2 Å². The number of urea groups is 1. The minimum Gasteiger partial charge on any atom is -0.334 e. The lowest BCUT2D eigenvalue weighted by Gasteiger charge is -2.15. The molecule has 0 radical (unpaired) electrons. The van der Waals surface area contributed by atoms with Crippen LogP contribution in [0.5, 0.6) is 0 Å². The van der Waals surface area contributed by atoms with Gasteiger partial charge in [-0.1, -0.05) is 12.1 Å². The van der Waals surface area contributed by atoms with Crippen molar-refractivity contribution in [1.82, 2.24) is 25.2 Å². The topological polar surface area (TPSA) is 71.8 Å². The van der Waals surface area contributed by atoms with Crippen molar-refractivity contribution in [1.29, 1.82) is 0 Å². The van der Waals surface area contributed by atoms with Gasteiger partial charge in [0.15, 0.2) is 11.6 Å². The van der Waals surface area contributed by atoms with Crippen LogP contribution in [-0.2, 0) is 6.54 Å². The molecule has 2 amide bonds. The van der Waals surface area contributed by atoms with Crippen LogP contribution in [0.3, 0.4) is 0 Å². The second kappa shape index (κ2) is 7.73. The van der Waals surface area contributed by atoms with E-state index in [4.69, 9.17) is 0 Å². The summed E-state index contributed by atoms with van der Waals surface area (Å²) in [4.78, 5) is 20.2. The lowest BCUT2D eigenvalue weighted by molar-refractivity contribution is 0.237. The molecule has 0 aliphatic heterocycles. The van der Waals surface area contributed by atoms with Gasteiger partial charge < -0.3 is 10.6 Å². The Labute approximate surface area is 148 Å². The van der Waals surface area contributed by atoms with Crippen molar-refractivity contribution < 1.29 is 13.6 Å². The molecule has 1 atom stereocenters. The number of carbonyl (C=O) groups excluding carboxylic acids is 1. The molecular formula is C18H17F2N5O. The van der Waals surface area contributed by atoms with Crippen LogP contribution in [0.1, 0.15) is 24.1 Å². The molecule has 0 saturated heterocycles. The molecule has 3 rings (SSSR count). The Morgan fingerprint density at radius 1 is 1.23 bits per heavy atom. The zero-order valence-corrected chi connectivity index (χ0v) is 14.0. The molecule has 1 aromatic carbocycles. The molecule has 2 heterocycles. The van der Waals surface area contributed by atoms with Crippen molar-refractivity contribution in [2.75, 3.05) is 0 Å². The molecular weight excluding hydrogens is 340 g/mol. The Bertz CT molecular complexity index is 881. The normalized spacial score (nSPS) is 11.8. The molecule has 0 saturated carbocycles. The smallest absolute Gasteiger partial charge is 0.315 e. The van der Waals surface area contributed by atoms with Crippen LogP contribution in [0.2, 0.25) is 0 Å². The molecule has 0 spiro atoms. The van der Waals surface area contributed by atoms with Crippen molar-refractivity contribution in [3.8, 4) is 5.82 Å². The number of nitrogens with zero attached hydrogens (tertiary/aromatic N) is 3. The molecule has 0 aliphatic carbocycles. The van der Waals surface area contributed by atoms with E-state index in [0.29, 0.717) is 5.56 Å². The predicted octanol–water partition coefficient (Wildman–Crippen LogP) is 3.11.